The lowest BCUT2D eigenvalue weighted by Crippen LogP contribution is -2.09. The summed E-state index contributed by atoms with van der Waals surface area (Å²) in [5.41, 5.74) is 0. The zero-order valence-electron chi connectivity index (χ0n) is 11.2. The van der Waals surface area contributed by atoms with Gasteiger partial charge in [-0.15, -0.1) is 0 Å². The average molecular weight is 294 g/mol. The molecule has 1 heterocycles. The van der Waals surface area contributed by atoms with Crippen LogP contribution in [-0.4, -0.2) is 24.8 Å². The second-order valence-corrected chi connectivity index (χ2v) is 4.28. The van der Waals surface area contributed by atoms with Crippen molar-refractivity contribution in [2.45, 2.75) is 6.92 Å². The Morgan fingerprint density at radius 3 is 2.30 bits per heavy atom. The first kappa shape index (κ1) is 14.5. The number of hydrogen-bond donors (Lipinski definition) is 0. The topological polar surface area (TPSA) is 40.6 Å². The van der Waals surface area contributed by atoms with Crippen LogP contribution in [0.4, 0.5) is 0 Å². The average Bonchev–Trinajstić information content (AvgIpc) is 2.47. The van der Waals surface area contributed by atoms with Gasteiger partial charge >= 0.3 is 0 Å². The molecule has 2 rings (SSSR count). The number of benzene rings is 1. The Labute approximate surface area is 123 Å². The molecule has 0 fully saturated rings. The SMILES string of the molecule is CCOc1ccccc1OCCOc1ccc(Cl)nc1. The van der Waals surface area contributed by atoms with Crippen molar-refractivity contribution in [2.24, 2.45) is 0 Å². The summed E-state index contributed by atoms with van der Waals surface area (Å²) >= 11 is 5.69. The molecule has 1 aromatic carbocycles. The van der Waals surface area contributed by atoms with Crippen molar-refractivity contribution in [1.29, 1.82) is 0 Å². The Morgan fingerprint density at radius 2 is 1.65 bits per heavy atom. The van der Waals surface area contributed by atoms with Gasteiger partial charge in [-0.2, -0.15) is 0 Å². The third kappa shape index (κ3) is 4.31. The van der Waals surface area contributed by atoms with E-state index in [1.807, 2.05) is 31.2 Å². The molecule has 0 saturated heterocycles. The van der Waals surface area contributed by atoms with Gasteiger partial charge in [0.1, 0.15) is 24.1 Å². The minimum atomic E-state index is 0.420. The number of hydrogen-bond acceptors (Lipinski definition) is 4. The van der Waals surface area contributed by atoms with Gasteiger partial charge in [0.15, 0.2) is 11.5 Å². The van der Waals surface area contributed by atoms with Crippen LogP contribution in [0.1, 0.15) is 6.92 Å². The van der Waals surface area contributed by atoms with Crippen molar-refractivity contribution in [1.82, 2.24) is 4.98 Å². The molecule has 0 aliphatic carbocycles. The van der Waals surface area contributed by atoms with E-state index in [2.05, 4.69) is 4.98 Å². The minimum absolute atomic E-state index is 0.420. The summed E-state index contributed by atoms with van der Waals surface area (Å²) in [5, 5.41) is 0.444. The molecule has 0 aliphatic rings. The minimum Gasteiger partial charge on any atom is -0.490 e. The van der Waals surface area contributed by atoms with E-state index in [9.17, 15) is 0 Å². The lowest BCUT2D eigenvalue weighted by Gasteiger charge is -2.12. The summed E-state index contributed by atoms with van der Waals surface area (Å²) in [6.07, 6.45) is 1.58. The van der Waals surface area contributed by atoms with E-state index in [-0.39, 0.29) is 0 Å². The maximum Gasteiger partial charge on any atom is 0.161 e. The number of pyridine rings is 1. The van der Waals surface area contributed by atoms with Crippen LogP contribution in [0.2, 0.25) is 5.15 Å². The zero-order valence-corrected chi connectivity index (χ0v) is 12.0. The molecule has 0 aliphatic heterocycles. The largest absolute Gasteiger partial charge is 0.490 e. The molecular formula is C15H16ClNO3. The second-order valence-electron chi connectivity index (χ2n) is 3.89. The van der Waals surface area contributed by atoms with E-state index in [1.54, 1.807) is 18.3 Å². The standard InChI is InChI=1S/C15H16ClNO3/c1-2-18-13-5-3-4-6-14(13)20-10-9-19-12-7-8-15(16)17-11-12/h3-8,11H,2,9-10H2,1H3. The number of nitrogens with zero attached hydrogens (tertiary/aromatic N) is 1. The lowest BCUT2D eigenvalue weighted by molar-refractivity contribution is 0.208. The molecule has 0 unspecified atom stereocenters. The van der Waals surface area contributed by atoms with Crippen molar-refractivity contribution in [2.75, 3.05) is 19.8 Å². The Bertz CT molecular complexity index is 531. The van der Waals surface area contributed by atoms with Crippen molar-refractivity contribution < 1.29 is 14.2 Å². The highest BCUT2D eigenvalue weighted by Crippen LogP contribution is 2.26. The molecule has 2 aromatic rings. The fourth-order valence-electron chi connectivity index (χ4n) is 1.60. The van der Waals surface area contributed by atoms with Crippen molar-refractivity contribution >= 4 is 11.6 Å². The predicted molar refractivity (Wildman–Crippen MR) is 77.8 cm³/mol. The van der Waals surface area contributed by atoms with Gasteiger partial charge in [-0.3, -0.25) is 0 Å². The van der Waals surface area contributed by atoms with E-state index in [4.69, 9.17) is 25.8 Å². The van der Waals surface area contributed by atoms with E-state index in [0.29, 0.717) is 36.5 Å². The highest BCUT2D eigenvalue weighted by molar-refractivity contribution is 6.29. The molecular weight excluding hydrogens is 278 g/mol. The summed E-state index contributed by atoms with van der Waals surface area (Å²) < 4.78 is 16.6. The van der Waals surface area contributed by atoms with Crippen LogP contribution >= 0.6 is 11.6 Å². The van der Waals surface area contributed by atoms with Crippen molar-refractivity contribution in [3.63, 3.8) is 0 Å². The van der Waals surface area contributed by atoms with E-state index in [0.717, 1.165) is 5.75 Å². The van der Waals surface area contributed by atoms with Crippen LogP contribution in [0.25, 0.3) is 0 Å². The van der Waals surface area contributed by atoms with Gasteiger partial charge in [0, 0.05) is 0 Å². The van der Waals surface area contributed by atoms with E-state index < -0.39 is 0 Å². The number of ether oxygens (including phenoxy) is 3. The quantitative estimate of drug-likeness (QED) is 0.578. The maximum atomic E-state index is 5.69. The first-order valence-electron chi connectivity index (χ1n) is 6.38. The molecule has 1 aromatic heterocycles. The van der Waals surface area contributed by atoms with Gasteiger partial charge in [-0.25, -0.2) is 4.98 Å². The van der Waals surface area contributed by atoms with E-state index >= 15 is 0 Å². The Balaban J connectivity index is 1.79. The maximum absolute atomic E-state index is 5.69. The van der Waals surface area contributed by atoms with Crippen LogP contribution in [0, 0.1) is 0 Å². The van der Waals surface area contributed by atoms with Crippen LogP contribution in [0.15, 0.2) is 42.6 Å². The number of aromatic nitrogens is 1. The normalized spacial score (nSPS) is 10.1. The predicted octanol–water partition coefficient (Wildman–Crippen LogP) is 3.59. The molecule has 0 atom stereocenters. The Kier molecular flexibility index (Phi) is 5.50. The molecule has 4 nitrogen and oxygen atoms in total. The van der Waals surface area contributed by atoms with Gasteiger partial charge in [0.25, 0.3) is 0 Å². The highest BCUT2D eigenvalue weighted by atomic mass is 35.5. The Morgan fingerprint density at radius 1 is 0.950 bits per heavy atom. The van der Waals surface area contributed by atoms with Gasteiger partial charge in [0.05, 0.1) is 12.8 Å². The monoisotopic (exact) mass is 293 g/mol. The van der Waals surface area contributed by atoms with Crippen molar-refractivity contribution in [3.8, 4) is 17.2 Å². The van der Waals surface area contributed by atoms with Crippen LogP contribution in [0.3, 0.4) is 0 Å². The third-order valence-corrected chi connectivity index (χ3v) is 2.68. The van der Waals surface area contributed by atoms with Crippen LogP contribution in [-0.2, 0) is 0 Å². The fourth-order valence-corrected chi connectivity index (χ4v) is 1.71. The van der Waals surface area contributed by atoms with Crippen LogP contribution in [0.5, 0.6) is 17.2 Å². The van der Waals surface area contributed by atoms with Gasteiger partial charge < -0.3 is 14.2 Å². The lowest BCUT2D eigenvalue weighted by atomic mass is 10.3. The molecule has 20 heavy (non-hydrogen) atoms. The summed E-state index contributed by atoms with van der Waals surface area (Å²) in [7, 11) is 0. The highest BCUT2D eigenvalue weighted by Gasteiger charge is 2.03. The van der Waals surface area contributed by atoms with Gasteiger partial charge in [-0.1, -0.05) is 23.7 Å². The van der Waals surface area contributed by atoms with E-state index in [1.165, 1.54) is 0 Å². The number of para-hydroxylation sites is 2. The number of halogens is 1. The molecule has 106 valence electrons. The first-order chi connectivity index (χ1) is 9.79. The third-order valence-electron chi connectivity index (χ3n) is 2.46. The molecule has 0 amide bonds. The first-order valence-corrected chi connectivity index (χ1v) is 6.76. The summed E-state index contributed by atoms with van der Waals surface area (Å²) in [6.45, 7) is 3.39. The zero-order chi connectivity index (χ0) is 14.2. The molecule has 0 bridgehead atoms. The molecule has 0 N–H and O–H groups in total. The second kappa shape index (κ2) is 7.60. The molecule has 5 heteroatoms. The molecule has 0 spiro atoms. The summed E-state index contributed by atoms with van der Waals surface area (Å²) in [4.78, 5) is 3.93. The van der Waals surface area contributed by atoms with Crippen molar-refractivity contribution in [3.05, 3.63) is 47.7 Å². The van der Waals surface area contributed by atoms with Crippen LogP contribution < -0.4 is 14.2 Å². The van der Waals surface area contributed by atoms with Gasteiger partial charge in [0.2, 0.25) is 0 Å². The summed E-state index contributed by atoms with van der Waals surface area (Å²) in [5.74, 6) is 2.12. The molecule has 0 radical (unpaired) electrons. The Hall–Kier alpha value is -1.94. The number of rotatable bonds is 7. The fraction of sp³-hybridized carbons (Fsp3) is 0.267. The smallest absolute Gasteiger partial charge is 0.161 e. The van der Waals surface area contributed by atoms with Gasteiger partial charge in [-0.05, 0) is 31.2 Å². The molecule has 0 saturated carbocycles. The summed E-state index contributed by atoms with van der Waals surface area (Å²) in [6, 6.07) is 11.0.